The monoisotopic (exact) mass is 264 g/mol. The van der Waals surface area contributed by atoms with Gasteiger partial charge in [-0.25, -0.2) is 4.98 Å². The minimum atomic E-state index is 0.434. The Labute approximate surface area is 96.0 Å². The summed E-state index contributed by atoms with van der Waals surface area (Å²) in [6, 6.07) is 11.2. The number of hydrogen-bond acceptors (Lipinski definition) is 3. The van der Waals surface area contributed by atoms with Crippen molar-refractivity contribution in [3.63, 3.8) is 0 Å². The van der Waals surface area contributed by atoms with Crippen LogP contribution in [0.3, 0.4) is 0 Å². The van der Waals surface area contributed by atoms with Crippen LogP contribution in [0.2, 0.25) is 0 Å². The number of nitrogen functional groups attached to an aromatic ring is 1. The first-order valence-corrected chi connectivity index (χ1v) is 5.19. The molecule has 4 heteroatoms. The quantitative estimate of drug-likeness (QED) is 0.906. The summed E-state index contributed by atoms with van der Waals surface area (Å²) in [6.07, 6.45) is 1.62. The lowest BCUT2D eigenvalue weighted by atomic mass is 10.3. The van der Waals surface area contributed by atoms with E-state index in [0.29, 0.717) is 11.6 Å². The highest BCUT2D eigenvalue weighted by Crippen LogP contribution is 2.29. The molecule has 1 aromatic heterocycles. The molecule has 0 radical (unpaired) electrons. The van der Waals surface area contributed by atoms with Gasteiger partial charge in [0.15, 0.2) is 0 Å². The number of hydrogen-bond donors (Lipinski definition) is 1. The molecular formula is C11H9BrN2O. The zero-order valence-electron chi connectivity index (χ0n) is 7.85. The van der Waals surface area contributed by atoms with Gasteiger partial charge in [0.25, 0.3) is 0 Å². The van der Waals surface area contributed by atoms with Crippen LogP contribution in [0.15, 0.2) is 47.1 Å². The van der Waals surface area contributed by atoms with Crippen molar-refractivity contribution in [2.24, 2.45) is 0 Å². The molecule has 0 aliphatic heterocycles. The summed E-state index contributed by atoms with van der Waals surface area (Å²) in [7, 11) is 0. The zero-order chi connectivity index (χ0) is 10.7. The van der Waals surface area contributed by atoms with Crippen LogP contribution >= 0.6 is 15.9 Å². The van der Waals surface area contributed by atoms with Crippen LogP contribution in [-0.2, 0) is 0 Å². The van der Waals surface area contributed by atoms with Crippen molar-refractivity contribution >= 4 is 21.7 Å². The fraction of sp³-hybridized carbons (Fsp3) is 0. The number of anilines is 1. The molecule has 0 atom stereocenters. The van der Waals surface area contributed by atoms with Gasteiger partial charge in [0.1, 0.15) is 17.3 Å². The number of benzene rings is 1. The van der Waals surface area contributed by atoms with E-state index in [2.05, 4.69) is 20.9 Å². The average Bonchev–Trinajstić information content (AvgIpc) is 2.25. The normalized spacial score (nSPS) is 9.93. The molecular weight excluding hydrogens is 256 g/mol. The van der Waals surface area contributed by atoms with Crippen molar-refractivity contribution in [1.29, 1.82) is 0 Å². The number of nitrogens with two attached hydrogens (primary N) is 1. The summed E-state index contributed by atoms with van der Waals surface area (Å²) in [5, 5.41) is 0. The van der Waals surface area contributed by atoms with E-state index in [1.54, 1.807) is 12.3 Å². The lowest BCUT2D eigenvalue weighted by Gasteiger charge is -2.07. The van der Waals surface area contributed by atoms with Crippen molar-refractivity contribution < 1.29 is 4.74 Å². The van der Waals surface area contributed by atoms with Gasteiger partial charge in [-0.15, -0.1) is 0 Å². The van der Waals surface area contributed by atoms with Crippen LogP contribution in [0.1, 0.15) is 0 Å². The molecule has 0 amide bonds. The Kier molecular flexibility index (Phi) is 2.87. The number of aromatic nitrogens is 1. The van der Waals surface area contributed by atoms with E-state index in [0.717, 1.165) is 10.2 Å². The molecule has 2 N–H and O–H groups in total. The third kappa shape index (κ3) is 2.47. The molecule has 15 heavy (non-hydrogen) atoms. The Morgan fingerprint density at radius 1 is 1.20 bits per heavy atom. The standard InChI is InChI=1S/C11H9BrN2O/c12-9-7-14-11(13)6-10(9)15-8-4-2-1-3-5-8/h1-7H,(H2,13,14). The predicted octanol–water partition coefficient (Wildman–Crippen LogP) is 3.22. The lowest BCUT2D eigenvalue weighted by Crippen LogP contribution is -1.92. The van der Waals surface area contributed by atoms with Crippen molar-refractivity contribution in [2.75, 3.05) is 5.73 Å². The van der Waals surface area contributed by atoms with Crippen LogP contribution in [0.4, 0.5) is 5.82 Å². The summed E-state index contributed by atoms with van der Waals surface area (Å²) in [5.41, 5.74) is 5.57. The molecule has 0 unspecified atom stereocenters. The average molecular weight is 265 g/mol. The molecule has 1 heterocycles. The molecule has 0 spiro atoms. The molecule has 2 aromatic rings. The van der Waals surface area contributed by atoms with E-state index in [1.165, 1.54) is 0 Å². The zero-order valence-corrected chi connectivity index (χ0v) is 9.44. The van der Waals surface area contributed by atoms with Gasteiger partial charge in [-0.2, -0.15) is 0 Å². The predicted molar refractivity (Wildman–Crippen MR) is 62.9 cm³/mol. The Balaban J connectivity index is 2.28. The van der Waals surface area contributed by atoms with E-state index >= 15 is 0 Å². The molecule has 0 aliphatic rings. The van der Waals surface area contributed by atoms with Crippen molar-refractivity contribution in [3.05, 3.63) is 47.1 Å². The summed E-state index contributed by atoms with van der Waals surface area (Å²) in [5.74, 6) is 1.86. The highest BCUT2D eigenvalue weighted by molar-refractivity contribution is 9.10. The van der Waals surface area contributed by atoms with E-state index in [4.69, 9.17) is 10.5 Å². The van der Waals surface area contributed by atoms with Crippen molar-refractivity contribution in [3.8, 4) is 11.5 Å². The summed E-state index contributed by atoms with van der Waals surface area (Å²) < 4.78 is 6.40. The first-order chi connectivity index (χ1) is 7.25. The number of nitrogens with zero attached hydrogens (tertiary/aromatic N) is 1. The summed E-state index contributed by atoms with van der Waals surface area (Å²) >= 11 is 3.34. The van der Waals surface area contributed by atoms with Crippen LogP contribution in [0.5, 0.6) is 11.5 Å². The second kappa shape index (κ2) is 4.31. The molecule has 0 saturated carbocycles. The number of halogens is 1. The van der Waals surface area contributed by atoms with E-state index in [-0.39, 0.29) is 0 Å². The second-order valence-corrected chi connectivity index (χ2v) is 3.81. The molecule has 2 rings (SSSR count). The number of rotatable bonds is 2. The van der Waals surface area contributed by atoms with Crippen LogP contribution in [0.25, 0.3) is 0 Å². The topological polar surface area (TPSA) is 48.1 Å². The highest BCUT2D eigenvalue weighted by atomic mass is 79.9. The van der Waals surface area contributed by atoms with Gasteiger partial charge in [0.2, 0.25) is 0 Å². The van der Waals surface area contributed by atoms with Gasteiger partial charge in [-0.3, -0.25) is 0 Å². The van der Waals surface area contributed by atoms with Gasteiger partial charge >= 0.3 is 0 Å². The minimum absolute atomic E-state index is 0.434. The maximum Gasteiger partial charge on any atom is 0.146 e. The summed E-state index contributed by atoms with van der Waals surface area (Å²) in [4.78, 5) is 3.93. The second-order valence-electron chi connectivity index (χ2n) is 2.95. The molecule has 0 fully saturated rings. The smallest absolute Gasteiger partial charge is 0.146 e. The summed E-state index contributed by atoms with van der Waals surface area (Å²) in [6.45, 7) is 0. The molecule has 0 aliphatic carbocycles. The molecule has 0 saturated heterocycles. The van der Waals surface area contributed by atoms with Gasteiger partial charge in [-0.1, -0.05) is 18.2 Å². The Bertz CT molecular complexity index is 459. The minimum Gasteiger partial charge on any atom is -0.456 e. The third-order valence-electron chi connectivity index (χ3n) is 1.81. The first kappa shape index (κ1) is 9.98. The first-order valence-electron chi connectivity index (χ1n) is 4.39. The molecule has 76 valence electrons. The van der Waals surface area contributed by atoms with Gasteiger partial charge in [0, 0.05) is 12.3 Å². The lowest BCUT2D eigenvalue weighted by molar-refractivity contribution is 0.479. The van der Waals surface area contributed by atoms with Gasteiger partial charge in [-0.05, 0) is 28.1 Å². The molecule has 1 aromatic carbocycles. The highest BCUT2D eigenvalue weighted by Gasteiger charge is 2.03. The van der Waals surface area contributed by atoms with Crippen molar-refractivity contribution in [2.45, 2.75) is 0 Å². The molecule has 3 nitrogen and oxygen atoms in total. The van der Waals surface area contributed by atoms with E-state index < -0.39 is 0 Å². The Morgan fingerprint density at radius 2 is 1.93 bits per heavy atom. The van der Waals surface area contributed by atoms with Crippen LogP contribution in [-0.4, -0.2) is 4.98 Å². The maximum atomic E-state index is 5.62. The maximum absolute atomic E-state index is 5.62. The third-order valence-corrected chi connectivity index (χ3v) is 2.41. The molecule has 0 bridgehead atoms. The van der Waals surface area contributed by atoms with Gasteiger partial charge < -0.3 is 10.5 Å². The fourth-order valence-corrected chi connectivity index (χ4v) is 1.43. The van der Waals surface area contributed by atoms with E-state index in [1.807, 2.05) is 30.3 Å². The Hall–Kier alpha value is -1.55. The van der Waals surface area contributed by atoms with Crippen molar-refractivity contribution in [1.82, 2.24) is 4.98 Å². The fourth-order valence-electron chi connectivity index (χ4n) is 1.13. The van der Waals surface area contributed by atoms with Gasteiger partial charge in [0.05, 0.1) is 4.47 Å². The Morgan fingerprint density at radius 3 is 2.67 bits per heavy atom. The largest absolute Gasteiger partial charge is 0.456 e. The number of ether oxygens (including phenoxy) is 1. The SMILES string of the molecule is Nc1cc(Oc2ccccc2)c(Br)cn1. The van der Waals surface area contributed by atoms with Crippen LogP contribution < -0.4 is 10.5 Å². The van der Waals surface area contributed by atoms with Crippen LogP contribution in [0, 0.1) is 0 Å². The van der Waals surface area contributed by atoms with E-state index in [9.17, 15) is 0 Å². The number of para-hydroxylation sites is 1. The number of pyridine rings is 1.